The predicted octanol–water partition coefficient (Wildman–Crippen LogP) is -0.0100. The van der Waals surface area contributed by atoms with Gasteiger partial charge in [0.2, 0.25) is 0 Å². The monoisotopic (exact) mass is 605 g/mol. The van der Waals surface area contributed by atoms with Crippen molar-refractivity contribution in [1.29, 1.82) is 0 Å². The fourth-order valence-corrected chi connectivity index (χ4v) is 0. The van der Waals surface area contributed by atoms with Crippen molar-refractivity contribution in [1.82, 2.24) is 0 Å². The second-order valence-electron chi connectivity index (χ2n) is 0. The Kier molecular flexibility index (Phi) is 67.2. The van der Waals surface area contributed by atoms with Crippen LogP contribution in [0.25, 0.3) is 0 Å². The Balaban J connectivity index is -0.00000000500. The van der Waals surface area contributed by atoms with Gasteiger partial charge in [-0.3, -0.25) is 0 Å². The van der Waals surface area contributed by atoms with Crippen LogP contribution < -0.4 is 0 Å². The summed E-state index contributed by atoms with van der Waals surface area (Å²) in [6.07, 6.45) is 0. The smallest absolute Gasteiger partial charge is 0 e. The summed E-state index contributed by atoms with van der Waals surface area (Å²) < 4.78 is 0. The average molecular weight is 606 g/mol. The topological polar surface area (TPSA) is 0 Å². The van der Waals surface area contributed by atoms with Crippen molar-refractivity contribution in [3.63, 3.8) is 0 Å². The average Bonchev–Trinajstić information content (AvgIpc) is 1.00. The number of rotatable bonds is 0. The molecule has 0 aliphatic carbocycles. The van der Waals surface area contributed by atoms with E-state index in [1.54, 1.807) is 0 Å². The van der Waals surface area contributed by atoms with Crippen LogP contribution in [0.4, 0.5) is 0 Å². The van der Waals surface area contributed by atoms with Gasteiger partial charge in [0.05, 0.1) is 0 Å². The summed E-state index contributed by atoms with van der Waals surface area (Å²) in [5.41, 5.74) is 0. The minimum absolute atomic E-state index is 0. The predicted molar refractivity (Wildman–Crippen MR) is 0 cm³/mol. The van der Waals surface area contributed by atoms with Crippen molar-refractivity contribution < 1.29 is 77.5 Å². The zero-order chi connectivity index (χ0) is 2.00. The van der Waals surface area contributed by atoms with Gasteiger partial charge in [0.15, 0.2) is 0 Å². The van der Waals surface area contributed by atoms with E-state index in [0.717, 1.165) is 0 Å². The molecule has 1 radical (unpaired) electrons. The maximum absolute atomic E-state index is 2.69. The summed E-state index contributed by atoms with van der Waals surface area (Å²) in [6, 6.07) is 0. The second kappa shape index (κ2) is 17.0. The van der Waals surface area contributed by atoms with Crippen LogP contribution in [-0.2, 0) is 77.5 Å². The number of hydrogen-bond donors (Lipinski definition) is 0. The van der Waals surface area contributed by atoms with Gasteiger partial charge in [-0.15, -0.1) is 0 Å². The van der Waals surface area contributed by atoms with E-state index in [9.17, 15) is 0 Å². The Bertz CT molecular complexity index is 8.00. The van der Waals surface area contributed by atoms with E-state index in [1.165, 1.54) is 0 Å². The SMILES string of the molecule is [Ag].[Pd][Au].[Pt]. The van der Waals surface area contributed by atoms with Crippen molar-refractivity contribution in [2.45, 2.75) is 0 Å². The Hall–Kier alpha value is 2.83. The Morgan fingerprint density at radius 1 is 1.25 bits per heavy atom. The molecule has 4 heavy (non-hydrogen) atoms. The van der Waals surface area contributed by atoms with Crippen LogP contribution in [0.5, 0.6) is 0 Å². The minimum atomic E-state index is 0. The van der Waals surface area contributed by atoms with Crippen molar-refractivity contribution in [2.24, 2.45) is 0 Å². The largest absolute Gasteiger partial charge is 0 e. The van der Waals surface area contributed by atoms with E-state index >= 15 is 0 Å². The quantitative estimate of drug-likeness (QED) is 0.341. The molecular weight excluding hydrogens is 606 g/mol. The number of hydrogen-bond acceptors (Lipinski definition) is 0. The molecule has 0 heterocycles. The fraction of sp³-hybridized carbons (Fsp3) is 0. The fourth-order valence-electron chi connectivity index (χ4n) is 0. The Labute approximate surface area is 76.1 Å². The molecule has 0 N–H and O–H groups in total. The first-order valence-corrected chi connectivity index (χ1v) is 4.62. The molecule has 0 nitrogen and oxygen atoms in total. The maximum Gasteiger partial charge on any atom is 0 e. The standard InChI is InChI=1S/Ag.Au.Pd.Pt. The van der Waals surface area contributed by atoms with E-state index in [4.69, 9.17) is 0 Å². The van der Waals surface area contributed by atoms with Crippen molar-refractivity contribution in [2.75, 3.05) is 0 Å². The summed E-state index contributed by atoms with van der Waals surface area (Å²) in [4.78, 5) is 0. The minimum Gasteiger partial charge on any atom is 0 e. The summed E-state index contributed by atoms with van der Waals surface area (Å²) in [5.74, 6) is 0. The normalized spacial score (nSPS) is 2.00. The molecule has 0 unspecified atom stereocenters. The van der Waals surface area contributed by atoms with Gasteiger partial charge >= 0.3 is 34.1 Å². The molecule has 0 aliphatic rings. The summed E-state index contributed by atoms with van der Waals surface area (Å²) in [5, 5.41) is 0. The molecule has 0 atom stereocenters. The molecule has 0 aromatic heterocycles. The summed E-state index contributed by atoms with van der Waals surface area (Å²) in [6.45, 7) is 0. The van der Waals surface area contributed by atoms with Gasteiger partial charge in [-0.05, 0) is 0 Å². The van der Waals surface area contributed by atoms with E-state index in [0.29, 0.717) is 0 Å². The van der Waals surface area contributed by atoms with Crippen LogP contribution in [-0.4, -0.2) is 0 Å². The third-order valence-electron chi connectivity index (χ3n) is 0. The molecule has 0 aliphatic heterocycles. The zero-order valence-corrected chi connectivity index (χ0v) is 8.71. The molecule has 42 valence electrons. The molecule has 0 saturated heterocycles. The molecule has 0 aromatic carbocycles. The summed E-state index contributed by atoms with van der Waals surface area (Å²) in [7, 11) is 0. The molecule has 0 amide bonds. The van der Waals surface area contributed by atoms with Crippen molar-refractivity contribution in [3.05, 3.63) is 0 Å². The molecular formula is AgAuPdPt. The van der Waals surface area contributed by atoms with E-state index in [1.807, 2.05) is 0 Å². The molecule has 0 fully saturated rings. The van der Waals surface area contributed by atoms with E-state index in [2.05, 4.69) is 34.1 Å². The molecule has 0 aromatic rings. The molecule has 0 saturated carbocycles. The van der Waals surface area contributed by atoms with Crippen LogP contribution in [0.15, 0.2) is 0 Å². The summed E-state index contributed by atoms with van der Waals surface area (Å²) >= 11 is 4.82. The van der Waals surface area contributed by atoms with Gasteiger partial charge in [-0.1, -0.05) is 0 Å². The van der Waals surface area contributed by atoms with Crippen LogP contribution in [0.1, 0.15) is 0 Å². The van der Waals surface area contributed by atoms with Crippen LogP contribution in [0.2, 0.25) is 0 Å². The first-order valence-electron chi connectivity index (χ1n) is 0.0953. The molecule has 0 bridgehead atoms. The van der Waals surface area contributed by atoms with Gasteiger partial charge in [-0.2, -0.15) is 0 Å². The zero-order valence-electron chi connectivity index (χ0n) is 1.24. The molecule has 0 spiro atoms. The molecule has 0 rings (SSSR count). The molecule has 4 heteroatoms. The van der Waals surface area contributed by atoms with Gasteiger partial charge in [0, 0.05) is 43.4 Å². The van der Waals surface area contributed by atoms with Crippen LogP contribution >= 0.6 is 0 Å². The second-order valence-corrected chi connectivity index (χ2v) is 0. The third-order valence-corrected chi connectivity index (χ3v) is 0. The third kappa shape index (κ3) is 8.85. The Morgan fingerprint density at radius 3 is 1.25 bits per heavy atom. The van der Waals surface area contributed by atoms with E-state index in [-0.39, 0.29) is 43.4 Å². The van der Waals surface area contributed by atoms with Crippen LogP contribution in [0.3, 0.4) is 0 Å². The van der Waals surface area contributed by atoms with E-state index < -0.39 is 0 Å². The van der Waals surface area contributed by atoms with Gasteiger partial charge in [0.1, 0.15) is 0 Å². The van der Waals surface area contributed by atoms with Gasteiger partial charge < -0.3 is 0 Å². The first-order chi connectivity index (χ1) is 1.00. The van der Waals surface area contributed by atoms with Crippen molar-refractivity contribution >= 4 is 0 Å². The van der Waals surface area contributed by atoms with Crippen LogP contribution in [0, 0.1) is 0 Å². The maximum atomic E-state index is 2.69. The first kappa shape index (κ1) is 15.8. The van der Waals surface area contributed by atoms with Gasteiger partial charge in [0.25, 0.3) is 0 Å². The van der Waals surface area contributed by atoms with Crippen molar-refractivity contribution in [3.8, 4) is 0 Å². The Morgan fingerprint density at radius 2 is 1.25 bits per heavy atom. The van der Waals surface area contributed by atoms with Gasteiger partial charge in [-0.25, -0.2) is 0 Å².